The fraction of sp³-hybridized carbons (Fsp3) is 0.533. The van der Waals surface area contributed by atoms with Gasteiger partial charge in [-0.1, -0.05) is 15.9 Å². The number of rotatable bonds is 5. The third-order valence-electron chi connectivity index (χ3n) is 3.43. The Morgan fingerprint density at radius 2 is 2.15 bits per heavy atom. The van der Waals surface area contributed by atoms with Crippen LogP contribution in [-0.4, -0.2) is 35.7 Å². The summed E-state index contributed by atoms with van der Waals surface area (Å²) in [5.41, 5.74) is 5.90. The van der Waals surface area contributed by atoms with Crippen molar-refractivity contribution >= 4 is 33.6 Å². The number of amides is 1. The molecule has 1 saturated heterocycles. The molecule has 1 atom stereocenters. The molecule has 1 aromatic carbocycles. The molecule has 0 aromatic heterocycles. The summed E-state index contributed by atoms with van der Waals surface area (Å²) in [6.07, 6.45) is 3.64. The van der Waals surface area contributed by atoms with E-state index in [4.69, 9.17) is 5.73 Å². The van der Waals surface area contributed by atoms with Crippen molar-refractivity contribution in [2.45, 2.75) is 36.6 Å². The molecule has 5 heteroatoms. The van der Waals surface area contributed by atoms with Crippen molar-refractivity contribution < 1.29 is 4.79 Å². The van der Waals surface area contributed by atoms with Gasteiger partial charge in [0.25, 0.3) is 0 Å². The van der Waals surface area contributed by atoms with Gasteiger partial charge in [0.15, 0.2) is 0 Å². The molecule has 0 spiro atoms. The van der Waals surface area contributed by atoms with E-state index in [1.54, 1.807) is 11.8 Å². The summed E-state index contributed by atoms with van der Waals surface area (Å²) in [5, 5.41) is 0. The first-order valence-electron chi connectivity index (χ1n) is 7.07. The number of thioether (sulfide) groups is 1. The van der Waals surface area contributed by atoms with Crippen molar-refractivity contribution in [1.82, 2.24) is 4.90 Å². The van der Waals surface area contributed by atoms with Gasteiger partial charge in [-0.3, -0.25) is 4.79 Å². The second-order valence-corrected chi connectivity index (χ2v) is 7.23. The summed E-state index contributed by atoms with van der Waals surface area (Å²) in [4.78, 5) is 15.2. The molecular weight excluding hydrogens is 336 g/mol. The van der Waals surface area contributed by atoms with Gasteiger partial charge < -0.3 is 10.6 Å². The van der Waals surface area contributed by atoms with Crippen molar-refractivity contribution in [3.8, 4) is 0 Å². The Balaban J connectivity index is 1.65. The van der Waals surface area contributed by atoms with Gasteiger partial charge in [0.1, 0.15) is 0 Å². The van der Waals surface area contributed by atoms with E-state index in [1.807, 2.05) is 17.0 Å². The van der Waals surface area contributed by atoms with Crippen LogP contribution >= 0.6 is 27.7 Å². The number of hydrogen-bond donors (Lipinski definition) is 1. The summed E-state index contributed by atoms with van der Waals surface area (Å²) < 4.78 is 1.10. The van der Waals surface area contributed by atoms with Gasteiger partial charge in [-0.2, -0.15) is 0 Å². The maximum absolute atomic E-state index is 12.1. The van der Waals surface area contributed by atoms with E-state index in [1.165, 1.54) is 4.90 Å². The van der Waals surface area contributed by atoms with Gasteiger partial charge in [0.05, 0.1) is 0 Å². The van der Waals surface area contributed by atoms with Crippen LogP contribution in [0.1, 0.15) is 25.7 Å². The molecule has 3 nitrogen and oxygen atoms in total. The second-order valence-electron chi connectivity index (χ2n) is 5.15. The Labute approximate surface area is 133 Å². The summed E-state index contributed by atoms with van der Waals surface area (Å²) in [6.45, 7) is 1.62. The summed E-state index contributed by atoms with van der Waals surface area (Å²) in [7, 11) is 0. The smallest absolute Gasteiger partial charge is 0.222 e. The predicted molar refractivity (Wildman–Crippen MR) is 87.9 cm³/mol. The van der Waals surface area contributed by atoms with Crippen LogP contribution in [-0.2, 0) is 4.79 Å². The average molecular weight is 357 g/mol. The number of carbonyl (C=O) groups excluding carboxylic acids is 1. The Morgan fingerprint density at radius 3 is 2.85 bits per heavy atom. The lowest BCUT2D eigenvalue weighted by Crippen LogP contribution is -2.45. The number of likely N-dealkylation sites (tertiary alicyclic amines) is 1. The molecule has 1 aromatic rings. The number of carbonyl (C=O) groups is 1. The van der Waals surface area contributed by atoms with Crippen molar-refractivity contribution in [3.63, 3.8) is 0 Å². The number of benzene rings is 1. The van der Waals surface area contributed by atoms with Crippen LogP contribution in [0.15, 0.2) is 33.6 Å². The third kappa shape index (κ3) is 5.11. The molecule has 1 aliphatic rings. The standard InChI is InChI=1S/C15H21BrN2OS/c16-12-5-7-14(8-6-12)20-10-2-4-15(19)18-9-1-3-13(17)11-18/h5-8,13H,1-4,9-11,17H2. The highest BCUT2D eigenvalue weighted by atomic mass is 79.9. The third-order valence-corrected chi connectivity index (χ3v) is 5.05. The van der Waals surface area contributed by atoms with E-state index < -0.39 is 0 Å². The van der Waals surface area contributed by atoms with E-state index in [2.05, 4.69) is 28.1 Å². The topological polar surface area (TPSA) is 46.3 Å². The zero-order valence-corrected chi connectivity index (χ0v) is 14.0. The van der Waals surface area contributed by atoms with Crippen molar-refractivity contribution in [2.75, 3.05) is 18.8 Å². The zero-order chi connectivity index (χ0) is 14.4. The molecule has 1 heterocycles. The Hall–Kier alpha value is -0.520. The van der Waals surface area contributed by atoms with Gasteiger partial charge >= 0.3 is 0 Å². The fourth-order valence-electron chi connectivity index (χ4n) is 2.34. The molecule has 1 unspecified atom stereocenters. The van der Waals surface area contributed by atoms with E-state index in [-0.39, 0.29) is 11.9 Å². The average Bonchev–Trinajstić information content (AvgIpc) is 2.45. The van der Waals surface area contributed by atoms with Crippen LogP contribution in [0.2, 0.25) is 0 Å². The lowest BCUT2D eigenvalue weighted by atomic mass is 10.1. The molecule has 0 saturated carbocycles. The highest BCUT2D eigenvalue weighted by Gasteiger charge is 2.20. The zero-order valence-electron chi connectivity index (χ0n) is 11.6. The fourth-order valence-corrected chi connectivity index (χ4v) is 3.46. The van der Waals surface area contributed by atoms with Crippen molar-refractivity contribution in [2.24, 2.45) is 5.73 Å². The van der Waals surface area contributed by atoms with Gasteiger partial charge in [-0.15, -0.1) is 11.8 Å². The maximum atomic E-state index is 12.1. The first kappa shape index (κ1) is 15.9. The van der Waals surface area contributed by atoms with Gasteiger partial charge in [0, 0.05) is 34.9 Å². The van der Waals surface area contributed by atoms with Crippen LogP contribution in [0.5, 0.6) is 0 Å². The van der Waals surface area contributed by atoms with Crippen LogP contribution < -0.4 is 5.73 Å². The molecule has 2 N–H and O–H groups in total. The Kier molecular flexibility index (Phi) is 6.39. The van der Waals surface area contributed by atoms with Crippen LogP contribution in [0.4, 0.5) is 0 Å². The number of nitrogens with two attached hydrogens (primary N) is 1. The lowest BCUT2D eigenvalue weighted by Gasteiger charge is -2.30. The largest absolute Gasteiger partial charge is 0.341 e. The SMILES string of the molecule is NC1CCCN(C(=O)CCCSc2ccc(Br)cc2)C1. The molecule has 0 bridgehead atoms. The highest BCUT2D eigenvalue weighted by molar-refractivity contribution is 9.10. The van der Waals surface area contributed by atoms with Crippen molar-refractivity contribution in [1.29, 1.82) is 0 Å². The minimum Gasteiger partial charge on any atom is -0.341 e. The van der Waals surface area contributed by atoms with Gasteiger partial charge in [-0.25, -0.2) is 0 Å². The number of hydrogen-bond acceptors (Lipinski definition) is 3. The normalized spacial score (nSPS) is 19.1. The van der Waals surface area contributed by atoms with Gasteiger partial charge in [-0.05, 0) is 49.3 Å². The first-order chi connectivity index (χ1) is 9.65. The van der Waals surface area contributed by atoms with E-state index in [0.29, 0.717) is 6.42 Å². The van der Waals surface area contributed by atoms with Gasteiger partial charge in [0.2, 0.25) is 5.91 Å². The summed E-state index contributed by atoms with van der Waals surface area (Å²) in [5.74, 6) is 1.24. The van der Waals surface area contributed by atoms with Crippen molar-refractivity contribution in [3.05, 3.63) is 28.7 Å². The molecule has 1 aliphatic heterocycles. The molecule has 0 aliphatic carbocycles. The molecule has 20 heavy (non-hydrogen) atoms. The minimum absolute atomic E-state index is 0.171. The summed E-state index contributed by atoms with van der Waals surface area (Å²) >= 11 is 5.23. The molecule has 0 radical (unpaired) electrons. The molecule has 110 valence electrons. The minimum atomic E-state index is 0.171. The number of piperidine rings is 1. The first-order valence-corrected chi connectivity index (χ1v) is 8.85. The van der Waals surface area contributed by atoms with Crippen LogP contribution in [0, 0.1) is 0 Å². The molecule has 1 amide bonds. The van der Waals surface area contributed by atoms with Crippen LogP contribution in [0.3, 0.4) is 0 Å². The lowest BCUT2D eigenvalue weighted by molar-refractivity contribution is -0.132. The monoisotopic (exact) mass is 356 g/mol. The Bertz CT molecular complexity index is 438. The second kappa shape index (κ2) is 8.05. The van der Waals surface area contributed by atoms with E-state index >= 15 is 0 Å². The van der Waals surface area contributed by atoms with Crippen LogP contribution in [0.25, 0.3) is 0 Å². The highest BCUT2D eigenvalue weighted by Crippen LogP contribution is 2.22. The molecular formula is C15H21BrN2OS. The maximum Gasteiger partial charge on any atom is 0.222 e. The predicted octanol–water partition coefficient (Wildman–Crippen LogP) is 3.27. The Morgan fingerprint density at radius 1 is 1.40 bits per heavy atom. The number of nitrogens with zero attached hydrogens (tertiary/aromatic N) is 1. The van der Waals surface area contributed by atoms with E-state index in [9.17, 15) is 4.79 Å². The molecule has 1 fully saturated rings. The quantitative estimate of drug-likeness (QED) is 0.650. The number of halogens is 1. The van der Waals surface area contributed by atoms with E-state index in [0.717, 1.165) is 42.6 Å². The molecule has 2 rings (SSSR count). The summed E-state index contributed by atoms with van der Waals surface area (Å²) in [6, 6.07) is 8.45.